The van der Waals surface area contributed by atoms with E-state index in [1.54, 1.807) is 6.92 Å². The van der Waals surface area contributed by atoms with Crippen molar-refractivity contribution in [3.8, 4) is 0 Å². The van der Waals surface area contributed by atoms with Gasteiger partial charge in [-0.05, 0) is 24.7 Å². The van der Waals surface area contributed by atoms with E-state index in [4.69, 9.17) is 9.15 Å². The molecule has 1 aromatic rings. The van der Waals surface area contributed by atoms with Gasteiger partial charge in [-0.2, -0.15) is 4.98 Å². The summed E-state index contributed by atoms with van der Waals surface area (Å²) in [6.07, 6.45) is 2.50. The summed E-state index contributed by atoms with van der Waals surface area (Å²) in [5.41, 5.74) is 0.529. The maximum absolute atomic E-state index is 11.5. The molecule has 0 saturated carbocycles. The Kier molecular flexibility index (Phi) is 3.83. The fourth-order valence-corrected chi connectivity index (χ4v) is 2.35. The van der Waals surface area contributed by atoms with E-state index >= 15 is 0 Å². The molecule has 2 rings (SSSR count). The van der Waals surface area contributed by atoms with E-state index in [-0.39, 0.29) is 11.1 Å². The zero-order valence-corrected chi connectivity index (χ0v) is 12.1. The van der Waals surface area contributed by atoms with Gasteiger partial charge in [0.05, 0.1) is 6.61 Å². The second kappa shape index (κ2) is 5.23. The summed E-state index contributed by atoms with van der Waals surface area (Å²) < 4.78 is 10.3. The molecule has 5 nitrogen and oxygen atoms in total. The minimum Gasteiger partial charge on any atom is -0.461 e. The molecule has 106 valence electrons. The standard InChI is InChI=1S/C14H22N2O3/c1-5-18-12(17)11-9-19-13(15-11)16-7-6-10(8-16)14(2,3)4/h9-10H,5-8H2,1-4H3. The van der Waals surface area contributed by atoms with E-state index < -0.39 is 5.97 Å². The van der Waals surface area contributed by atoms with Crippen LogP contribution in [-0.2, 0) is 4.74 Å². The number of ether oxygens (including phenoxy) is 1. The van der Waals surface area contributed by atoms with Crippen LogP contribution in [-0.4, -0.2) is 30.6 Å². The molecule has 0 spiro atoms. The molecule has 0 bridgehead atoms. The van der Waals surface area contributed by atoms with Gasteiger partial charge in [-0.15, -0.1) is 0 Å². The van der Waals surface area contributed by atoms with Gasteiger partial charge in [0.1, 0.15) is 6.26 Å². The lowest BCUT2D eigenvalue weighted by atomic mass is 9.80. The Hall–Kier alpha value is -1.52. The van der Waals surface area contributed by atoms with E-state index in [1.165, 1.54) is 6.26 Å². The third-order valence-corrected chi connectivity index (χ3v) is 3.66. The number of esters is 1. The van der Waals surface area contributed by atoms with E-state index in [9.17, 15) is 4.79 Å². The van der Waals surface area contributed by atoms with Crippen LogP contribution in [0.4, 0.5) is 6.01 Å². The summed E-state index contributed by atoms with van der Waals surface area (Å²) in [4.78, 5) is 17.8. The second-order valence-corrected chi connectivity index (χ2v) is 6.03. The number of hydrogen-bond donors (Lipinski definition) is 0. The van der Waals surface area contributed by atoms with Gasteiger partial charge in [0, 0.05) is 13.1 Å². The summed E-state index contributed by atoms with van der Waals surface area (Å²) in [5.74, 6) is 0.189. The summed E-state index contributed by atoms with van der Waals surface area (Å²) in [6, 6.07) is 0.523. The average Bonchev–Trinajstić information content (AvgIpc) is 2.97. The van der Waals surface area contributed by atoms with Crippen molar-refractivity contribution in [1.29, 1.82) is 0 Å². The number of oxazole rings is 1. The molecule has 2 heterocycles. The highest BCUT2D eigenvalue weighted by Crippen LogP contribution is 2.35. The maximum Gasteiger partial charge on any atom is 0.360 e. The molecule has 0 aromatic carbocycles. The Balaban J connectivity index is 2.03. The van der Waals surface area contributed by atoms with E-state index in [2.05, 4.69) is 30.7 Å². The van der Waals surface area contributed by atoms with Gasteiger partial charge in [-0.1, -0.05) is 20.8 Å². The van der Waals surface area contributed by atoms with E-state index in [0.717, 1.165) is 19.5 Å². The van der Waals surface area contributed by atoms with Crippen LogP contribution in [0.1, 0.15) is 44.6 Å². The Bertz CT molecular complexity index is 448. The predicted molar refractivity (Wildman–Crippen MR) is 72.2 cm³/mol. The molecule has 5 heteroatoms. The number of carbonyl (C=O) groups excluding carboxylic acids is 1. The molecule has 1 aromatic heterocycles. The van der Waals surface area contributed by atoms with Gasteiger partial charge in [0.2, 0.25) is 0 Å². The van der Waals surface area contributed by atoms with Crippen molar-refractivity contribution < 1.29 is 13.9 Å². The van der Waals surface area contributed by atoms with Crippen molar-refractivity contribution in [2.24, 2.45) is 11.3 Å². The fourth-order valence-electron chi connectivity index (χ4n) is 2.35. The van der Waals surface area contributed by atoms with Crippen LogP contribution >= 0.6 is 0 Å². The summed E-state index contributed by atoms with van der Waals surface area (Å²) >= 11 is 0. The maximum atomic E-state index is 11.5. The normalized spacial score (nSPS) is 19.8. The molecule has 1 fully saturated rings. The Morgan fingerprint density at radius 3 is 2.89 bits per heavy atom. The molecule has 19 heavy (non-hydrogen) atoms. The summed E-state index contributed by atoms with van der Waals surface area (Å²) in [7, 11) is 0. The summed E-state index contributed by atoms with van der Waals surface area (Å²) in [5, 5.41) is 0. The molecule has 0 aliphatic carbocycles. The van der Waals surface area contributed by atoms with Crippen molar-refractivity contribution in [2.45, 2.75) is 34.1 Å². The number of nitrogens with zero attached hydrogens (tertiary/aromatic N) is 2. The zero-order valence-electron chi connectivity index (χ0n) is 12.1. The Morgan fingerprint density at radius 1 is 1.58 bits per heavy atom. The zero-order chi connectivity index (χ0) is 14.0. The average molecular weight is 266 g/mol. The quantitative estimate of drug-likeness (QED) is 0.787. The molecule has 1 saturated heterocycles. The van der Waals surface area contributed by atoms with Crippen molar-refractivity contribution in [1.82, 2.24) is 4.98 Å². The van der Waals surface area contributed by atoms with Crippen LogP contribution in [0.3, 0.4) is 0 Å². The molecule has 1 atom stereocenters. The van der Waals surface area contributed by atoms with Crippen LogP contribution < -0.4 is 4.90 Å². The lowest BCUT2D eigenvalue weighted by Gasteiger charge is -2.26. The highest BCUT2D eigenvalue weighted by Gasteiger charge is 2.33. The van der Waals surface area contributed by atoms with E-state index in [1.807, 2.05) is 0 Å². The smallest absolute Gasteiger partial charge is 0.360 e. The van der Waals surface area contributed by atoms with Gasteiger partial charge >= 0.3 is 5.97 Å². The van der Waals surface area contributed by atoms with Crippen molar-refractivity contribution >= 4 is 12.0 Å². The SMILES string of the molecule is CCOC(=O)c1coc(N2CCC(C(C)(C)C)C2)n1. The van der Waals surface area contributed by atoms with Crippen molar-refractivity contribution in [3.63, 3.8) is 0 Å². The molecular weight excluding hydrogens is 244 g/mol. The van der Waals surface area contributed by atoms with Gasteiger partial charge in [0.15, 0.2) is 5.69 Å². The third kappa shape index (κ3) is 3.08. The third-order valence-electron chi connectivity index (χ3n) is 3.66. The van der Waals surface area contributed by atoms with Gasteiger partial charge < -0.3 is 14.1 Å². The van der Waals surface area contributed by atoms with Crippen LogP contribution in [0.25, 0.3) is 0 Å². The minimum atomic E-state index is -0.427. The monoisotopic (exact) mass is 266 g/mol. The molecule has 0 radical (unpaired) electrons. The number of anilines is 1. The largest absolute Gasteiger partial charge is 0.461 e. The minimum absolute atomic E-state index is 0.246. The highest BCUT2D eigenvalue weighted by molar-refractivity contribution is 5.87. The Morgan fingerprint density at radius 2 is 2.32 bits per heavy atom. The lowest BCUT2D eigenvalue weighted by Crippen LogP contribution is -2.26. The lowest BCUT2D eigenvalue weighted by molar-refractivity contribution is 0.0519. The van der Waals surface area contributed by atoms with Crippen LogP contribution in [0, 0.1) is 11.3 Å². The molecule has 0 amide bonds. The first kappa shape index (κ1) is 13.9. The first-order valence-electron chi connectivity index (χ1n) is 6.79. The van der Waals surface area contributed by atoms with Crippen LogP contribution in [0.5, 0.6) is 0 Å². The van der Waals surface area contributed by atoms with Crippen molar-refractivity contribution in [3.05, 3.63) is 12.0 Å². The Labute approximate surface area is 113 Å². The van der Waals surface area contributed by atoms with Crippen LogP contribution in [0.2, 0.25) is 0 Å². The fraction of sp³-hybridized carbons (Fsp3) is 0.714. The first-order chi connectivity index (χ1) is 8.91. The van der Waals surface area contributed by atoms with Gasteiger partial charge in [-0.25, -0.2) is 4.79 Å². The number of rotatable bonds is 3. The first-order valence-corrected chi connectivity index (χ1v) is 6.79. The summed E-state index contributed by atoms with van der Waals surface area (Å²) in [6.45, 7) is 10.7. The number of aromatic nitrogens is 1. The topological polar surface area (TPSA) is 55.6 Å². The molecular formula is C14H22N2O3. The van der Waals surface area contributed by atoms with Gasteiger partial charge in [-0.3, -0.25) is 0 Å². The predicted octanol–water partition coefficient (Wildman–Crippen LogP) is 2.72. The molecule has 1 aliphatic rings. The molecule has 0 N–H and O–H groups in total. The van der Waals surface area contributed by atoms with E-state index in [0.29, 0.717) is 18.5 Å². The number of carbonyl (C=O) groups is 1. The van der Waals surface area contributed by atoms with Crippen LogP contribution in [0.15, 0.2) is 10.7 Å². The molecule has 1 unspecified atom stereocenters. The van der Waals surface area contributed by atoms with Gasteiger partial charge in [0.25, 0.3) is 6.01 Å². The molecule has 1 aliphatic heterocycles. The van der Waals surface area contributed by atoms with Crippen molar-refractivity contribution in [2.75, 3.05) is 24.6 Å². The highest BCUT2D eigenvalue weighted by atomic mass is 16.5. The number of hydrogen-bond acceptors (Lipinski definition) is 5. The second-order valence-electron chi connectivity index (χ2n) is 6.03.